The fourth-order valence-electron chi connectivity index (χ4n) is 4.87. The molecular formula is C19H22N2O5. The molecule has 4 atom stereocenters. The van der Waals surface area contributed by atoms with Crippen molar-refractivity contribution in [3.8, 4) is 11.5 Å². The number of hydrogen-bond donors (Lipinski definition) is 1. The van der Waals surface area contributed by atoms with Gasteiger partial charge in [-0.05, 0) is 43.2 Å². The van der Waals surface area contributed by atoms with Gasteiger partial charge in [0.2, 0.25) is 17.7 Å². The van der Waals surface area contributed by atoms with Gasteiger partial charge in [-0.1, -0.05) is 0 Å². The number of carbonyl (C=O) groups is 3. The zero-order valence-electron chi connectivity index (χ0n) is 14.9. The van der Waals surface area contributed by atoms with E-state index in [1.165, 1.54) is 14.2 Å². The van der Waals surface area contributed by atoms with Gasteiger partial charge < -0.3 is 14.8 Å². The predicted molar refractivity (Wildman–Crippen MR) is 92.7 cm³/mol. The molecule has 1 aliphatic heterocycles. The minimum atomic E-state index is -0.425. The number of imide groups is 1. The maximum atomic E-state index is 12.7. The van der Waals surface area contributed by atoms with E-state index in [4.69, 9.17) is 9.47 Å². The molecule has 26 heavy (non-hydrogen) atoms. The second kappa shape index (κ2) is 6.30. The number of benzene rings is 1. The fourth-order valence-corrected chi connectivity index (χ4v) is 4.87. The van der Waals surface area contributed by atoms with Gasteiger partial charge in [-0.3, -0.25) is 19.3 Å². The highest BCUT2D eigenvalue weighted by Crippen LogP contribution is 2.56. The highest BCUT2D eigenvalue weighted by Gasteiger charge is 2.60. The predicted octanol–water partition coefficient (Wildman–Crippen LogP) is 1.67. The first kappa shape index (κ1) is 16.9. The molecule has 138 valence electrons. The van der Waals surface area contributed by atoms with Gasteiger partial charge in [-0.15, -0.1) is 0 Å². The van der Waals surface area contributed by atoms with Crippen LogP contribution in [0.3, 0.4) is 0 Å². The topological polar surface area (TPSA) is 84.9 Å². The Balaban J connectivity index is 1.47. The van der Waals surface area contributed by atoms with Gasteiger partial charge in [0.05, 0.1) is 31.7 Å². The van der Waals surface area contributed by atoms with Gasteiger partial charge in [-0.25, -0.2) is 0 Å². The van der Waals surface area contributed by atoms with Crippen molar-refractivity contribution in [3.63, 3.8) is 0 Å². The van der Waals surface area contributed by atoms with Crippen LogP contribution in [0.5, 0.6) is 11.5 Å². The van der Waals surface area contributed by atoms with Crippen molar-refractivity contribution < 1.29 is 23.9 Å². The van der Waals surface area contributed by atoms with Crippen molar-refractivity contribution in [3.05, 3.63) is 18.2 Å². The van der Waals surface area contributed by atoms with E-state index in [-0.39, 0.29) is 30.2 Å². The molecule has 1 aromatic rings. The van der Waals surface area contributed by atoms with E-state index in [0.717, 1.165) is 24.2 Å². The van der Waals surface area contributed by atoms with Crippen LogP contribution in [-0.2, 0) is 14.4 Å². The largest absolute Gasteiger partial charge is 0.497 e. The molecule has 2 saturated carbocycles. The van der Waals surface area contributed by atoms with E-state index in [0.29, 0.717) is 29.0 Å². The molecule has 3 aliphatic rings. The normalized spacial score (nSPS) is 29.1. The number of anilines is 1. The third-order valence-electron chi connectivity index (χ3n) is 6.00. The monoisotopic (exact) mass is 358 g/mol. The van der Waals surface area contributed by atoms with Crippen molar-refractivity contribution in [2.24, 2.45) is 23.7 Å². The molecule has 4 rings (SSSR count). The van der Waals surface area contributed by atoms with Crippen LogP contribution in [0.15, 0.2) is 18.2 Å². The minimum Gasteiger partial charge on any atom is -0.497 e. The van der Waals surface area contributed by atoms with E-state index in [2.05, 4.69) is 5.32 Å². The third-order valence-corrected chi connectivity index (χ3v) is 6.00. The van der Waals surface area contributed by atoms with Crippen LogP contribution in [-0.4, -0.2) is 43.4 Å². The third kappa shape index (κ3) is 2.53. The van der Waals surface area contributed by atoms with Crippen LogP contribution in [0.1, 0.15) is 19.3 Å². The molecule has 0 radical (unpaired) electrons. The number of fused-ring (bicyclic) bond motifs is 5. The highest BCUT2D eigenvalue weighted by molar-refractivity contribution is 6.09. The Hall–Kier alpha value is -2.57. The Morgan fingerprint density at radius 1 is 1.12 bits per heavy atom. The molecule has 7 heteroatoms. The number of rotatable bonds is 5. The average Bonchev–Trinajstić information content (AvgIpc) is 3.31. The molecular weight excluding hydrogens is 336 g/mol. The van der Waals surface area contributed by atoms with Gasteiger partial charge >= 0.3 is 0 Å². The van der Waals surface area contributed by atoms with E-state index >= 15 is 0 Å². The number of ether oxygens (including phenoxy) is 2. The van der Waals surface area contributed by atoms with Crippen LogP contribution in [0.25, 0.3) is 0 Å². The van der Waals surface area contributed by atoms with Gasteiger partial charge in [0, 0.05) is 6.07 Å². The molecule has 1 N–H and O–H groups in total. The summed E-state index contributed by atoms with van der Waals surface area (Å²) in [4.78, 5) is 39.0. The van der Waals surface area contributed by atoms with Gasteiger partial charge in [0.25, 0.3) is 0 Å². The van der Waals surface area contributed by atoms with Crippen molar-refractivity contribution >= 4 is 23.4 Å². The summed E-state index contributed by atoms with van der Waals surface area (Å²) in [6, 6.07) is 5.04. The number of hydrogen-bond acceptors (Lipinski definition) is 5. The van der Waals surface area contributed by atoms with Crippen molar-refractivity contribution in [1.82, 2.24) is 4.90 Å². The lowest BCUT2D eigenvalue weighted by molar-refractivity contribution is -0.143. The number of carbonyl (C=O) groups excluding carboxylic acids is 3. The first-order valence-electron chi connectivity index (χ1n) is 8.90. The summed E-state index contributed by atoms with van der Waals surface area (Å²) in [5, 5.41) is 2.72. The Kier molecular flexibility index (Phi) is 4.09. The molecule has 2 bridgehead atoms. The number of nitrogens with one attached hydrogen (secondary N) is 1. The van der Waals surface area contributed by atoms with Gasteiger partial charge in [0.1, 0.15) is 18.0 Å². The Labute approximate surface area is 151 Å². The number of nitrogens with zero attached hydrogens (tertiary/aromatic N) is 1. The summed E-state index contributed by atoms with van der Waals surface area (Å²) in [6.45, 7) is -0.259. The summed E-state index contributed by atoms with van der Waals surface area (Å²) in [6.07, 6.45) is 3.02. The minimum absolute atomic E-state index is 0.181. The summed E-state index contributed by atoms with van der Waals surface area (Å²) >= 11 is 0. The number of methoxy groups -OCH3 is 2. The summed E-state index contributed by atoms with van der Waals surface area (Å²) in [5.74, 6) is 0.473. The van der Waals surface area contributed by atoms with Crippen LogP contribution in [0, 0.1) is 23.7 Å². The Morgan fingerprint density at radius 2 is 1.77 bits per heavy atom. The second-order valence-electron chi connectivity index (χ2n) is 7.26. The lowest BCUT2D eigenvalue weighted by Gasteiger charge is -2.19. The maximum absolute atomic E-state index is 12.7. The number of amides is 3. The van der Waals surface area contributed by atoms with Gasteiger partial charge in [0.15, 0.2) is 0 Å². The fraction of sp³-hybridized carbons (Fsp3) is 0.526. The molecule has 4 unspecified atom stereocenters. The molecule has 0 spiro atoms. The van der Waals surface area contributed by atoms with E-state index in [1.54, 1.807) is 18.2 Å². The lowest BCUT2D eigenvalue weighted by Crippen LogP contribution is -2.39. The van der Waals surface area contributed by atoms with Crippen molar-refractivity contribution in [1.29, 1.82) is 0 Å². The van der Waals surface area contributed by atoms with Crippen LogP contribution in [0.4, 0.5) is 5.69 Å². The second-order valence-corrected chi connectivity index (χ2v) is 7.26. The first-order chi connectivity index (χ1) is 12.5. The van der Waals surface area contributed by atoms with Crippen LogP contribution < -0.4 is 14.8 Å². The molecule has 7 nitrogen and oxygen atoms in total. The molecule has 0 aromatic heterocycles. The van der Waals surface area contributed by atoms with E-state index in [1.807, 2.05) is 0 Å². The van der Waals surface area contributed by atoms with Crippen molar-refractivity contribution in [2.75, 3.05) is 26.1 Å². The highest BCUT2D eigenvalue weighted by atomic mass is 16.5. The molecule has 3 amide bonds. The molecule has 1 heterocycles. The zero-order chi connectivity index (χ0) is 18.4. The summed E-state index contributed by atoms with van der Waals surface area (Å²) in [7, 11) is 3.03. The Morgan fingerprint density at radius 3 is 2.35 bits per heavy atom. The van der Waals surface area contributed by atoms with Crippen LogP contribution >= 0.6 is 0 Å². The van der Waals surface area contributed by atoms with Crippen LogP contribution in [0.2, 0.25) is 0 Å². The summed E-state index contributed by atoms with van der Waals surface area (Å²) in [5.41, 5.74) is 0.441. The van der Waals surface area contributed by atoms with E-state index in [9.17, 15) is 14.4 Å². The molecule has 3 fully saturated rings. The number of likely N-dealkylation sites (tertiary alicyclic amines) is 1. The first-order valence-corrected chi connectivity index (χ1v) is 8.90. The SMILES string of the molecule is COc1ccc(OC)c(NC(=O)CN2C(=O)C3C4CCC(C4)C3C2=O)c1. The molecule has 1 aromatic carbocycles. The van der Waals surface area contributed by atoms with Crippen molar-refractivity contribution in [2.45, 2.75) is 19.3 Å². The van der Waals surface area contributed by atoms with Gasteiger partial charge in [-0.2, -0.15) is 0 Å². The lowest BCUT2D eigenvalue weighted by atomic mass is 9.81. The molecule has 1 saturated heterocycles. The quantitative estimate of drug-likeness (QED) is 0.810. The standard InChI is InChI=1S/C19H22N2O5/c1-25-12-5-6-14(26-2)13(8-12)20-15(22)9-21-18(23)16-10-3-4-11(7-10)17(16)19(21)24/h5-6,8,10-11,16-17H,3-4,7,9H2,1-2H3,(H,20,22). The molecule has 2 aliphatic carbocycles. The smallest absolute Gasteiger partial charge is 0.244 e. The maximum Gasteiger partial charge on any atom is 0.244 e. The zero-order valence-corrected chi connectivity index (χ0v) is 14.9. The summed E-state index contributed by atoms with van der Waals surface area (Å²) < 4.78 is 10.4. The Bertz CT molecular complexity index is 749. The average molecular weight is 358 g/mol. The van der Waals surface area contributed by atoms with E-state index < -0.39 is 5.91 Å².